The molecular formula is C5H12O6S2. The summed E-state index contributed by atoms with van der Waals surface area (Å²) in [7, 11) is 0. The van der Waals surface area contributed by atoms with Gasteiger partial charge in [0, 0.05) is 0 Å². The molecule has 1 heterocycles. The van der Waals surface area contributed by atoms with E-state index >= 15 is 0 Å². The summed E-state index contributed by atoms with van der Waals surface area (Å²) in [4.78, 5) is 0. The Morgan fingerprint density at radius 3 is 2.54 bits per heavy atom. The molecule has 0 radical (unpaired) electrons. The van der Waals surface area contributed by atoms with Crippen molar-refractivity contribution >= 4 is 22.7 Å². The van der Waals surface area contributed by atoms with Crippen molar-refractivity contribution in [1.82, 2.24) is 0 Å². The first kappa shape index (κ1) is 13.1. The molecule has 0 aliphatic carbocycles. The topological polar surface area (TPSA) is 93.1 Å². The molecule has 0 aromatic rings. The predicted molar refractivity (Wildman–Crippen MR) is 47.2 cm³/mol. The number of rotatable bonds is 0. The van der Waals surface area contributed by atoms with Gasteiger partial charge >= 0.3 is 11.4 Å². The Labute approximate surface area is 81.6 Å². The van der Waals surface area contributed by atoms with E-state index in [1.165, 1.54) is 0 Å². The summed E-state index contributed by atoms with van der Waals surface area (Å²) in [6.07, 6.45) is 0.936. The van der Waals surface area contributed by atoms with Crippen molar-refractivity contribution in [2.45, 2.75) is 13.3 Å². The molecule has 13 heavy (non-hydrogen) atoms. The van der Waals surface area contributed by atoms with Crippen molar-refractivity contribution in [1.29, 1.82) is 0 Å². The molecule has 1 fully saturated rings. The van der Waals surface area contributed by atoms with Crippen molar-refractivity contribution in [3.63, 3.8) is 0 Å². The summed E-state index contributed by atoms with van der Waals surface area (Å²) in [5.41, 5.74) is 0. The molecule has 0 amide bonds. The molecule has 2 N–H and O–H groups in total. The smallest absolute Gasteiger partial charge is 0.284 e. The van der Waals surface area contributed by atoms with Crippen LogP contribution in [-0.2, 0) is 31.1 Å². The van der Waals surface area contributed by atoms with Crippen LogP contribution < -0.4 is 0 Å². The monoisotopic (exact) mass is 232 g/mol. The highest BCUT2D eigenvalue weighted by Gasteiger charge is 2.11. The fraction of sp³-hybridized carbons (Fsp3) is 1.00. The lowest BCUT2D eigenvalue weighted by Crippen LogP contribution is -2.02. The van der Waals surface area contributed by atoms with E-state index < -0.39 is 22.7 Å². The molecule has 0 bridgehead atoms. The first-order valence-electron chi connectivity index (χ1n) is 3.50. The van der Waals surface area contributed by atoms with E-state index in [-0.39, 0.29) is 0 Å². The number of hydrogen-bond acceptors (Lipinski definition) is 4. The van der Waals surface area contributed by atoms with Crippen LogP contribution in [0.3, 0.4) is 0 Å². The largest absolute Gasteiger partial charge is 0.304 e. The fourth-order valence-corrected chi connectivity index (χ4v) is 1.25. The molecule has 1 rings (SSSR count). The van der Waals surface area contributed by atoms with E-state index in [1.54, 1.807) is 0 Å². The zero-order chi connectivity index (χ0) is 10.3. The van der Waals surface area contributed by atoms with E-state index in [4.69, 9.17) is 21.7 Å². The van der Waals surface area contributed by atoms with Gasteiger partial charge in [0.15, 0.2) is 0 Å². The Balaban J connectivity index is 0.000000310. The van der Waals surface area contributed by atoms with E-state index in [0.29, 0.717) is 19.1 Å². The Kier molecular flexibility index (Phi) is 7.62. The van der Waals surface area contributed by atoms with E-state index in [0.717, 1.165) is 6.42 Å². The molecule has 6 nitrogen and oxygen atoms in total. The SMILES string of the molecule is CC1CCOS(=O)OC1.O=S(O)O. The standard InChI is InChI=1S/C5H10O3S.H2O3S/c1-5-2-3-7-9(6)8-4-5;1-4(2)3/h5H,2-4H2,1H3;(H2,1,2,3). The van der Waals surface area contributed by atoms with Gasteiger partial charge in [0.1, 0.15) is 0 Å². The van der Waals surface area contributed by atoms with E-state index in [9.17, 15) is 4.21 Å². The Bertz CT molecular complexity index is 180. The Morgan fingerprint density at radius 2 is 2.00 bits per heavy atom. The summed E-state index contributed by atoms with van der Waals surface area (Å²) in [6, 6.07) is 0. The summed E-state index contributed by atoms with van der Waals surface area (Å²) in [5.74, 6) is 0.469. The van der Waals surface area contributed by atoms with Gasteiger partial charge in [-0.1, -0.05) is 6.92 Å². The summed E-state index contributed by atoms with van der Waals surface area (Å²) < 4.78 is 42.8. The molecule has 2 atom stereocenters. The zero-order valence-corrected chi connectivity index (χ0v) is 8.68. The lowest BCUT2D eigenvalue weighted by atomic mass is 10.1. The van der Waals surface area contributed by atoms with Crippen LogP contribution in [0.2, 0.25) is 0 Å². The number of hydrogen-bond donors (Lipinski definition) is 2. The lowest BCUT2D eigenvalue weighted by molar-refractivity contribution is 0.278. The fourth-order valence-electron chi connectivity index (χ4n) is 0.606. The Morgan fingerprint density at radius 1 is 1.46 bits per heavy atom. The maximum atomic E-state index is 10.5. The van der Waals surface area contributed by atoms with Crippen LogP contribution in [0, 0.1) is 5.92 Å². The first-order chi connectivity index (χ1) is 6.02. The van der Waals surface area contributed by atoms with Crippen molar-refractivity contribution in [3.05, 3.63) is 0 Å². The molecule has 1 aliphatic heterocycles. The van der Waals surface area contributed by atoms with Crippen LogP contribution in [-0.4, -0.2) is 30.7 Å². The molecule has 1 aliphatic rings. The second-order valence-electron chi connectivity index (χ2n) is 2.44. The van der Waals surface area contributed by atoms with Crippen molar-refractivity contribution in [3.8, 4) is 0 Å². The Hall–Kier alpha value is 0.140. The lowest BCUT2D eigenvalue weighted by Gasteiger charge is -2.00. The molecular weight excluding hydrogens is 220 g/mol. The highest BCUT2D eigenvalue weighted by Crippen LogP contribution is 2.09. The highest BCUT2D eigenvalue weighted by molar-refractivity contribution is 7.75. The minimum atomic E-state index is -2.61. The molecule has 2 unspecified atom stereocenters. The quantitative estimate of drug-likeness (QED) is 0.584. The van der Waals surface area contributed by atoms with Gasteiger partial charge in [-0.05, 0) is 12.3 Å². The highest BCUT2D eigenvalue weighted by atomic mass is 32.2. The second kappa shape index (κ2) is 7.54. The van der Waals surface area contributed by atoms with Gasteiger partial charge in [0.2, 0.25) is 0 Å². The summed E-state index contributed by atoms with van der Waals surface area (Å²) >= 11 is -4.09. The molecule has 0 aromatic heterocycles. The van der Waals surface area contributed by atoms with Gasteiger partial charge in [-0.25, -0.2) is 0 Å². The average molecular weight is 232 g/mol. The van der Waals surface area contributed by atoms with E-state index in [2.05, 4.69) is 0 Å². The van der Waals surface area contributed by atoms with Crippen LogP contribution in [0.4, 0.5) is 0 Å². The van der Waals surface area contributed by atoms with Crippen LogP contribution in [0.1, 0.15) is 13.3 Å². The first-order valence-corrected chi connectivity index (χ1v) is 5.57. The third kappa shape index (κ3) is 10.1. The van der Waals surface area contributed by atoms with Gasteiger partial charge in [-0.2, -0.15) is 8.42 Å². The third-order valence-electron chi connectivity index (χ3n) is 1.24. The zero-order valence-electron chi connectivity index (χ0n) is 7.04. The van der Waals surface area contributed by atoms with Crippen LogP contribution >= 0.6 is 0 Å². The molecule has 1 saturated heterocycles. The summed E-state index contributed by atoms with van der Waals surface area (Å²) in [6.45, 7) is 3.15. The third-order valence-corrected chi connectivity index (χ3v) is 1.93. The average Bonchev–Trinajstić information content (AvgIpc) is 2.15. The van der Waals surface area contributed by atoms with Gasteiger partial charge in [0.25, 0.3) is 11.4 Å². The molecule has 0 saturated carbocycles. The van der Waals surface area contributed by atoms with Crippen molar-refractivity contribution in [2.75, 3.05) is 13.2 Å². The predicted octanol–water partition coefficient (Wildman–Crippen LogP) is 0.319. The minimum Gasteiger partial charge on any atom is -0.284 e. The van der Waals surface area contributed by atoms with Crippen molar-refractivity contribution in [2.24, 2.45) is 5.92 Å². The maximum Gasteiger partial charge on any atom is 0.304 e. The van der Waals surface area contributed by atoms with Gasteiger partial charge in [0.05, 0.1) is 13.2 Å². The second-order valence-corrected chi connectivity index (χ2v) is 3.78. The van der Waals surface area contributed by atoms with Crippen molar-refractivity contribution < 1.29 is 25.9 Å². The summed E-state index contributed by atoms with van der Waals surface area (Å²) in [5, 5.41) is 0. The molecule has 0 aromatic carbocycles. The van der Waals surface area contributed by atoms with Crippen LogP contribution in [0.5, 0.6) is 0 Å². The maximum absolute atomic E-state index is 10.5. The minimum absolute atomic E-state index is 0.469. The normalized spacial score (nSPS) is 28.9. The van der Waals surface area contributed by atoms with Gasteiger partial charge in [-0.15, -0.1) is 0 Å². The molecule has 8 heteroatoms. The van der Waals surface area contributed by atoms with E-state index in [1.807, 2.05) is 6.92 Å². The van der Waals surface area contributed by atoms with Crippen LogP contribution in [0.25, 0.3) is 0 Å². The molecule has 80 valence electrons. The van der Waals surface area contributed by atoms with Crippen LogP contribution in [0.15, 0.2) is 0 Å². The van der Waals surface area contributed by atoms with Gasteiger partial charge in [-0.3, -0.25) is 17.5 Å². The molecule has 0 spiro atoms. The van der Waals surface area contributed by atoms with Gasteiger partial charge < -0.3 is 0 Å².